The lowest BCUT2D eigenvalue weighted by molar-refractivity contribution is 0.0711. The predicted molar refractivity (Wildman–Crippen MR) is 96.4 cm³/mol. The molecule has 0 radical (unpaired) electrons. The first kappa shape index (κ1) is 16.0. The lowest BCUT2D eigenvalue weighted by atomic mass is 9.92. The molecule has 0 saturated carbocycles. The highest BCUT2D eigenvalue weighted by Crippen LogP contribution is 2.32. The third-order valence-corrected chi connectivity index (χ3v) is 5.47. The molecule has 128 valence electrons. The van der Waals surface area contributed by atoms with Crippen molar-refractivity contribution in [1.82, 2.24) is 24.4 Å². The molecule has 0 aromatic carbocycles. The van der Waals surface area contributed by atoms with E-state index < -0.39 is 0 Å². The molecule has 3 aromatic rings. The van der Waals surface area contributed by atoms with Gasteiger partial charge in [0.05, 0.1) is 28.8 Å². The number of piperidine rings is 1. The molecular weight excluding hydrogens is 334 g/mol. The van der Waals surface area contributed by atoms with Gasteiger partial charge < -0.3 is 9.47 Å². The average Bonchev–Trinajstić information content (AvgIpc) is 3.33. The number of carbonyl (C=O) groups excluding carboxylic acids is 1. The number of rotatable bonds is 3. The van der Waals surface area contributed by atoms with E-state index in [1.165, 1.54) is 11.3 Å². The first-order valence-corrected chi connectivity index (χ1v) is 9.22. The summed E-state index contributed by atoms with van der Waals surface area (Å²) in [4.78, 5) is 28.8. The first-order valence-electron chi connectivity index (χ1n) is 8.34. The fraction of sp³-hybridized carbons (Fsp3) is 0.333. The Morgan fingerprint density at radius 3 is 2.96 bits per heavy atom. The Bertz CT molecular complexity index is 873. The number of imidazole rings is 1. The molecule has 6 nitrogen and oxygen atoms in total. The summed E-state index contributed by atoms with van der Waals surface area (Å²) in [5.74, 6) is 0.307. The molecule has 0 unspecified atom stereocenters. The van der Waals surface area contributed by atoms with E-state index >= 15 is 0 Å². The molecule has 0 aliphatic carbocycles. The maximum atomic E-state index is 12.7. The molecule has 1 aliphatic rings. The molecule has 4 rings (SSSR count). The predicted octanol–water partition coefficient (Wildman–Crippen LogP) is 2.96. The third-order valence-electron chi connectivity index (χ3n) is 4.61. The highest BCUT2D eigenvalue weighted by molar-refractivity contribution is 7.12. The van der Waals surface area contributed by atoms with Gasteiger partial charge in [0.1, 0.15) is 5.69 Å². The van der Waals surface area contributed by atoms with E-state index in [-0.39, 0.29) is 11.8 Å². The van der Waals surface area contributed by atoms with Crippen LogP contribution in [0.2, 0.25) is 0 Å². The monoisotopic (exact) mass is 353 g/mol. The maximum absolute atomic E-state index is 12.7. The van der Waals surface area contributed by atoms with Gasteiger partial charge in [0.25, 0.3) is 5.91 Å². The Morgan fingerprint density at radius 2 is 2.20 bits per heavy atom. The number of thiophene rings is 1. The van der Waals surface area contributed by atoms with Crippen molar-refractivity contribution in [2.24, 2.45) is 7.05 Å². The van der Waals surface area contributed by atoms with Crippen LogP contribution in [0.3, 0.4) is 0 Å². The van der Waals surface area contributed by atoms with Crippen LogP contribution >= 0.6 is 11.3 Å². The van der Waals surface area contributed by atoms with Crippen molar-refractivity contribution in [2.75, 3.05) is 13.1 Å². The van der Waals surface area contributed by atoms with Crippen LogP contribution in [0.1, 0.15) is 34.1 Å². The number of carbonyl (C=O) groups is 1. The molecule has 1 saturated heterocycles. The van der Waals surface area contributed by atoms with Crippen LogP contribution in [0, 0.1) is 0 Å². The number of hydrogen-bond acceptors (Lipinski definition) is 5. The highest BCUT2D eigenvalue weighted by Gasteiger charge is 2.29. The zero-order valence-electron chi connectivity index (χ0n) is 14.0. The molecule has 3 aromatic heterocycles. The zero-order valence-corrected chi connectivity index (χ0v) is 14.8. The van der Waals surface area contributed by atoms with Crippen molar-refractivity contribution < 1.29 is 4.79 Å². The van der Waals surface area contributed by atoms with Crippen molar-refractivity contribution in [1.29, 1.82) is 0 Å². The minimum absolute atomic E-state index is 0.116. The fourth-order valence-electron chi connectivity index (χ4n) is 3.37. The number of hydrogen-bond donors (Lipinski definition) is 0. The normalized spacial score (nSPS) is 17.6. The van der Waals surface area contributed by atoms with Crippen LogP contribution in [0.5, 0.6) is 0 Å². The number of nitrogens with zero attached hydrogens (tertiary/aromatic N) is 5. The second kappa shape index (κ2) is 6.76. The SMILES string of the molecule is Cn1cncc1-c1nccnc1[C@@H]1CCCN(C(=O)c2cccs2)C1. The second-order valence-corrected chi connectivity index (χ2v) is 7.20. The number of aromatic nitrogens is 4. The van der Waals surface area contributed by atoms with Gasteiger partial charge in [0.15, 0.2) is 0 Å². The molecule has 1 atom stereocenters. The van der Waals surface area contributed by atoms with E-state index in [9.17, 15) is 4.79 Å². The van der Waals surface area contributed by atoms with Crippen LogP contribution in [0.25, 0.3) is 11.4 Å². The maximum Gasteiger partial charge on any atom is 0.263 e. The van der Waals surface area contributed by atoms with Crippen molar-refractivity contribution in [3.8, 4) is 11.4 Å². The van der Waals surface area contributed by atoms with Crippen molar-refractivity contribution in [3.63, 3.8) is 0 Å². The summed E-state index contributed by atoms with van der Waals surface area (Å²) >= 11 is 1.49. The summed E-state index contributed by atoms with van der Waals surface area (Å²) in [6.45, 7) is 1.48. The first-order chi connectivity index (χ1) is 12.2. The summed E-state index contributed by atoms with van der Waals surface area (Å²) in [7, 11) is 1.95. The third kappa shape index (κ3) is 3.07. The Kier molecular flexibility index (Phi) is 4.31. The van der Waals surface area contributed by atoms with Crippen LogP contribution in [0.15, 0.2) is 42.4 Å². The summed E-state index contributed by atoms with van der Waals surface area (Å²) < 4.78 is 1.95. The zero-order chi connectivity index (χ0) is 17.2. The van der Waals surface area contributed by atoms with Gasteiger partial charge in [-0.1, -0.05) is 6.07 Å². The molecule has 1 fully saturated rings. The summed E-state index contributed by atoms with van der Waals surface area (Å²) in [5, 5.41) is 1.94. The lowest BCUT2D eigenvalue weighted by Gasteiger charge is -2.32. The van der Waals surface area contributed by atoms with Gasteiger partial charge in [-0.05, 0) is 24.3 Å². The Labute approximate surface area is 150 Å². The summed E-state index contributed by atoms with van der Waals surface area (Å²) in [6, 6.07) is 3.81. The molecule has 1 amide bonds. The van der Waals surface area contributed by atoms with E-state index in [1.807, 2.05) is 40.2 Å². The fourth-order valence-corrected chi connectivity index (χ4v) is 4.06. The smallest absolute Gasteiger partial charge is 0.263 e. The van der Waals surface area contributed by atoms with Gasteiger partial charge in [-0.25, -0.2) is 4.98 Å². The quantitative estimate of drug-likeness (QED) is 0.726. The molecule has 0 N–H and O–H groups in total. The molecule has 25 heavy (non-hydrogen) atoms. The average molecular weight is 353 g/mol. The van der Waals surface area contributed by atoms with E-state index in [2.05, 4.69) is 15.0 Å². The van der Waals surface area contributed by atoms with Gasteiger partial charge in [0, 0.05) is 38.4 Å². The van der Waals surface area contributed by atoms with E-state index in [4.69, 9.17) is 0 Å². The van der Waals surface area contributed by atoms with Crippen LogP contribution < -0.4 is 0 Å². The van der Waals surface area contributed by atoms with Crippen LogP contribution in [-0.2, 0) is 7.05 Å². The number of aryl methyl sites for hydroxylation is 1. The molecule has 4 heterocycles. The minimum Gasteiger partial charge on any atom is -0.337 e. The molecule has 0 spiro atoms. The molecule has 7 heteroatoms. The summed E-state index contributed by atoms with van der Waals surface area (Å²) in [6.07, 6.45) is 9.01. The Morgan fingerprint density at radius 1 is 1.32 bits per heavy atom. The standard InChI is InChI=1S/C18H19N5OS/c1-22-12-19-10-14(22)17-16(20-6-7-21-17)13-4-2-8-23(11-13)18(24)15-5-3-9-25-15/h3,5-7,9-10,12-13H,2,4,8,11H2,1H3/t13-/m1/s1. The molecule has 1 aliphatic heterocycles. The van der Waals surface area contributed by atoms with E-state index in [1.54, 1.807) is 18.7 Å². The highest BCUT2D eigenvalue weighted by atomic mass is 32.1. The van der Waals surface area contributed by atoms with Crippen molar-refractivity contribution >= 4 is 17.2 Å². The topological polar surface area (TPSA) is 63.9 Å². The minimum atomic E-state index is 0.116. The Balaban J connectivity index is 1.62. The second-order valence-electron chi connectivity index (χ2n) is 6.25. The van der Waals surface area contributed by atoms with E-state index in [0.29, 0.717) is 6.54 Å². The van der Waals surface area contributed by atoms with Gasteiger partial charge in [-0.2, -0.15) is 0 Å². The van der Waals surface area contributed by atoms with Crippen LogP contribution in [-0.4, -0.2) is 43.4 Å². The van der Waals surface area contributed by atoms with Gasteiger partial charge in [-0.15, -0.1) is 11.3 Å². The van der Waals surface area contributed by atoms with Crippen molar-refractivity contribution in [3.05, 3.63) is 53.0 Å². The number of likely N-dealkylation sites (tertiary alicyclic amines) is 1. The van der Waals surface area contributed by atoms with Crippen molar-refractivity contribution in [2.45, 2.75) is 18.8 Å². The van der Waals surface area contributed by atoms with Gasteiger partial charge >= 0.3 is 0 Å². The van der Waals surface area contributed by atoms with Gasteiger partial charge in [-0.3, -0.25) is 14.8 Å². The Hall–Kier alpha value is -2.54. The summed E-state index contributed by atoms with van der Waals surface area (Å²) in [5.41, 5.74) is 2.76. The lowest BCUT2D eigenvalue weighted by Crippen LogP contribution is -2.39. The van der Waals surface area contributed by atoms with Crippen LogP contribution in [0.4, 0.5) is 0 Å². The van der Waals surface area contributed by atoms with Gasteiger partial charge in [0.2, 0.25) is 0 Å². The largest absolute Gasteiger partial charge is 0.337 e. The van der Waals surface area contributed by atoms with E-state index in [0.717, 1.165) is 41.3 Å². The number of amides is 1. The molecular formula is C18H19N5OS. The molecule has 0 bridgehead atoms.